The monoisotopic (exact) mass is 265 g/mol. The summed E-state index contributed by atoms with van der Waals surface area (Å²) in [5.74, 6) is 0.943. The molecule has 0 aliphatic heterocycles. The van der Waals surface area contributed by atoms with Crippen LogP contribution in [0.5, 0.6) is 5.75 Å². The highest BCUT2D eigenvalue weighted by Gasteiger charge is 2.00. The Bertz CT molecular complexity index is 682. The summed E-state index contributed by atoms with van der Waals surface area (Å²) in [6, 6.07) is 18.9. The maximum absolute atomic E-state index is 5.81. The van der Waals surface area contributed by atoms with Gasteiger partial charge in [0.1, 0.15) is 12.4 Å². The van der Waals surface area contributed by atoms with E-state index < -0.39 is 0 Å². The third kappa shape index (κ3) is 2.69. The van der Waals surface area contributed by atoms with Gasteiger partial charge in [-0.25, -0.2) is 0 Å². The van der Waals surface area contributed by atoms with Crippen molar-refractivity contribution in [1.82, 2.24) is 4.57 Å². The molecule has 0 radical (unpaired) electrons. The van der Waals surface area contributed by atoms with E-state index in [1.54, 1.807) is 0 Å². The van der Waals surface area contributed by atoms with Crippen molar-refractivity contribution in [1.29, 1.82) is 0 Å². The van der Waals surface area contributed by atoms with Crippen LogP contribution < -0.4 is 4.74 Å². The molecular formula is C18H19NO. The number of hydrogen-bond donors (Lipinski definition) is 0. The fraction of sp³-hybridized carbons (Fsp3) is 0.222. The van der Waals surface area contributed by atoms with Crippen LogP contribution in [-0.2, 0) is 13.0 Å². The number of fused-ring (bicyclic) bond motifs is 1. The zero-order chi connectivity index (χ0) is 13.8. The van der Waals surface area contributed by atoms with E-state index in [2.05, 4.69) is 60.2 Å². The molecule has 1 heterocycles. The second-order valence-corrected chi connectivity index (χ2v) is 4.91. The molecule has 0 saturated carbocycles. The van der Waals surface area contributed by atoms with Crippen LogP contribution in [0.4, 0.5) is 0 Å². The summed E-state index contributed by atoms with van der Waals surface area (Å²) in [5, 5.41) is 1.28. The van der Waals surface area contributed by atoms with Gasteiger partial charge in [-0.05, 0) is 41.6 Å². The molecule has 102 valence electrons. The van der Waals surface area contributed by atoms with E-state index in [0.29, 0.717) is 6.61 Å². The van der Waals surface area contributed by atoms with Crippen molar-refractivity contribution in [3.63, 3.8) is 0 Å². The molecule has 0 atom stereocenters. The molecular weight excluding hydrogens is 246 g/mol. The summed E-state index contributed by atoms with van der Waals surface area (Å²) < 4.78 is 8.04. The van der Waals surface area contributed by atoms with E-state index in [4.69, 9.17) is 4.74 Å². The van der Waals surface area contributed by atoms with Crippen molar-refractivity contribution >= 4 is 10.9 Å². The summed E-state index contributed by atoms with van der Waals surface area (Å²) in [6.45, 7) is 3.71. The van der Waals surface area contributed by atoms with Crippen LogP contribution >= 0.6 is 0 Å². The van der Waals surface area contributed by atoms with Crippen LogP contribution in [-0.4, -0.2) is 11.2 Å². The molecule has 2 nitrogen and oxygen atoms in total. The number of hydrogen-bond acceptors (Lipinski definition) is 1. The highest BCUT2D eigenvalue weighted by molar-refractivity contribution is 5.79. The number of para-hydroxylation sites is 1. The third-order valence-electron chi connectivity index (χ3n) is 3.61. The van der Waals surface area contributed by atoms with Gasteiger partial charge in [-0.2, -0.15) is 0 Å². The van der Waals surface area contributed by atoms with Gasteiger partial charge < -0.3 is 9.30 Å². The van der Waals surface area contributed by atoms with Crippen LogP contribution in [0.2, 0.25) is 0 Å². The second kappa shape index (κ2) is 5.83. The van der Waals surface area contributed by atoms with Crippen molar-refractivity contribution in [3.8, 4) is 5.75 Å². The van der Waals surface area contributed by atoms with E-state index in [1.807, 2.05) is 12.1 Å². The molecule has 0 unspecified atom stereocenters. The van der Waals surface area contributed by atoms with Gasteiger partial charge >= 0.3 is 0 Å². The second-order valence-electron chi connectivity index (χ2n) is 4.91. The number of aromatic nitrogens is 1. The van der Waals surface area contributed by atoms with Gasteiger partial charge in [-0.3, -0.25) is 0 Å². The molecule has 3 aromatic rings. The van der Waals surface area contributed by atoms with Crippen LogP contribution in [0.1, 0.15) is 12.5 Å². The SMILES string of the molecule is CCc1ccc(OCCn2ccc3ccccc32)cc1. The maximum atomic E-state index is 5.81. The summed E-state index contributed by atoms with van der Waals surface area (Å²) in [5.41, 5.74) is 2.60. The minimum atomic E-state index is 0.685. The van der Waals surface area contributed by atoms with E-state index >= 15 is 0 Å². The largest absolute Gasteiger partial charge is 0.492 e. The van der Waals surface area contributed by atoms with E-state index in [-0.39, 0.29) is 0 Å². The van der Waals surface area contributed by atoms with Gasteiger partial charge in [-0.1, -0.05) is 37.3 Å². The first-order valence-corrected chi connectivity index (χ1v) is 7.12. The lowest BCUT2D eigenvalue weighted by Gasteiger charge is -2.08. The van der Waals surface area contributed by atoms with Gasteiger partial charge in [0.25, 0.3) is 0 Å². The first kappa shape index (κ1) is 12.8. The predicted molar refractivity (Wildman–Crippen MR) is 83.3 cm³/mol. The van der Waals surface area contributed by atoms with Crippen molar-refractivity contribution in [2.45, 2.75) is 19.9 Å². The van der Waals surface area contributed by atoms with Crippen molar-refractivity contribution < 1.29 is 4.74 Å². The number of benzene rings is 2. The lowest BCUT2D eigenvalue weighted by atomic mass is 10.2. The van der Waals surface area contributed by atoms with Crippen molar-refractivity contribution in [2.24, 2.45) is 0 Å². The van der Waals surface area contributed by atoms with Crippen LogP contribution in [0, 0.1) is 0 Å². The molecule has 2 aromatic carbocycles. The molecule has 1 aromatic heterocycles. The molecule has 0 amide bonds. The van der Waals surface area contributed by atoms with Gasteiger partial charge in [0.2, 0.25) is 0 Å². The minimum absolute atomic E-state index is 0.685. The molecule has 0 saturated heterocycles. The number of rotatable bonds is 5. The topological polar surface area (TPSA) is 14.2 Å². The fourth-order valence-corrected chi connectivity index (χ4v) is 2.42. The Balaban J connectivity index is 1.62. The fourth-order valence-electron chi connectivity index (χ4n) is 2.42. The van der Waals surface area contributed by atoms with E-state index in [1.165, 1.54) is 16.5 Å². The van der Waals surface area contributed by atoms with Crippen molar-refractivity contribution in [3.05, 3.63) is 66.4 Å². The number of aryl methyl sites for hydroxylation is 1. The molecule has 3 rings (SSSR count). The Morgan fingerprint density at radius 2 is 1.75 bits per heavy atom. The lowest BCUT2D eigenvalue weighted by molar-refractivity contribution is 0.300. The molecule has 0 bridgehead atoms. The minimum Gasteiger partial charge on any atom is -0.492 e. The highest BCUT2D eigenvalue weighted by atomic mass is 16.5. The third-order valence-corrected chi connectivity index (χ3v) is 3.61. The number of ether oxygens (including phenoxy) is 1. The summed E-state index contributed by atoms with van der Waals surface area (Å²) in [6.07, 6.45) is 3.18. The molecule has 0 fully saturated rings. The zero-order valence-electron chi connectivity index (χ0n) is 11.8. The molecule has 20 heavy (non-hydrogen) atoms. The van der Waals surface area contributed by atoms with Crippen molar-refractivity contribution in [2.75, 3.05) is 6.61 Å². The summed E-state index contributed by atoms with van der Waals surface area (Å²) in [7, 11) is 0. The molecule has 0 N–H and O–H groups in total. The lowest BCUT2D eigenvalue weighted by Crippen LogP contribution is -2.07. The predicted octanol–water partition coefficient (Wildman–Crippen LogP) is 4.28. The quantitative estimate of drug-likeness (QED) is 0.671. The summed E-state index contributed by atoms with van der Waals surface area (Å²) in [4.78, 5) is 0. The van der Waals surface area contributed by atoms with E-state index in [9.17, 15) is 0 Å². The first-order chi connectivity index (χ1) is 9.86. The smallest absolute Gasteiger partial charge is 0.119 e. The van der Waals surface area contributed by atoms with Crippen LogP contribution in [0.15, 0.2) is 60.8 Å². The Hall–Kier alpha value is -2.22. The average Bonchev–Trinajstić information content (AvgIpc) is 2.92. The van der Waals surface area contributed by atoms with Gasteiger partial charge in [0.05, 0.1) is 6.54 Å². The summed E-state index contributed by atoms with van der Waals surface area (Å²) >= 11 is 0. The van der Waals surface area contributed by atoms with Crippen LogP contribution in [0.3, 0.4) is 0 Å². The van der Waals surface area contributed by atoms with Crippen LogP contribution in [0.25, 0.3) is 10.9 Å². The Labute approximate surface area is 119 Å². The molecule has 0 aliphatic carbocycles. The van der Waals surface area contributed by atoms with Gasteiger partial charge in [0, 0.05) is 11.7 Å². The Morgan fingerprint density at radius 3 is 2.55 bits per heavy atom. The van der Waals surface area contributed by atoms with E-state index in [0.717, 1.165) is 18.7 Å². The first-order valence-electron chi connectivity index (χ1n) is 7.12. The van der Waals surface area contributed by atoms with Gasteiger partial charge in [0.15, 0.2) is 0 Å². The molecule has 0 aliphatic rings. The zero-order valence-corrected chi connectivity index (χ0v) is 11.8. The maximum Gasteiger partial charge on any atom is 0.119 e. The standard InChI is InChI=1S/C18H19NO/c1-2-15-7-9-17(10-8-15)20-14-13-19-12-11-16-5-3-4-6-18(16)19/h3-12H,2,13-14H2,1H3. The Morgan fingerprint density at radius 1 is 0.950 bits per heavy atom. The molecule has 2 heteroatoms. The average molecular weight is 265 g/mol. The molecule has 0 spiro atoms. The van der Waals surface area contributed by atoms with Gasteiger partial charge in [-0.15, -0.1) is 0 Å². The number of nitrogens with zero attached hydrogens (tertiary/aromatic N) is 1. The highest BCUT2D eigenvalue weighted by Crippen LogP contribution is 2.16. The Kier molecular flexibility index (Phi) is 3.73. The normalized spacial score (nSPS) is 10.8.